The molecule has 1 saturated heterocycles. The minimum absolute atomic E-state index is 0.0811. The van der Waals surface area contributed by atoms with Crippen molar-refractivity contribution in [3.05, 3.63) is 184 Å². The molecule has 0 spiro atoms. The van der Waals surface area contributed by atoms with Crippen LogP contribution < -0.4 is 0 Å². The first-order valence-corrected chi connectivity index (χ1v) is 32.3. The molecule has 9 rings (SSSR count). The Hall–Kier alpha value is -5.80. The van der Waals surface area contributed by atoms with Crippen LogP contribution in [0.2, 0.25) is 0 Å². The van der Waals surface area contributed by atoms with Crippen LogP contribution in [0.3, 0.4) is 0 Å². The fraction of sp³-hybridized carbons (Fsp3) is 0.408. The molecule has 0 unspecified atom stereocenters. The topological polar surface area (TPSA) is 62.0 Å². The van der Waals surface area contributed by atoms with Crippen molar-refractivity contribution in [2.75, 3.05) is 13.2 Å². The van der Waals surface area contributed by atoms with Gasteiger partial charge in [-0.05, 0) is 127 Å². The first-order valence-electron chi connectivity index (χ1n) is 30.3. The molecule has 8 aromatic carbocycles. The van der Waals surface area contributed by atoms with E-state index in [1.165, 1.54) is 68.6 Å². The van der Waals surface area contributed by atoms with E-state index in [9.17, 15) is 10.2 Å². The summed E-state index contributed by atoms with van der Waals surface area (Å²) < 4.78 is 12.5. The molecule has 0 atom stereocenters. The quantitative estimate of drug-likeness (QED) is 0.107. The maximum absolute atomic E-state index is 12.9. The van der Waals surface area contributed by atoms with E-state index in [2.05, 4.69) is 250 Å². The van der Waals surface area contributed by atoms with Gasteiger partial charge in [0, 0.05) is 35.5 Å². The molecular formula is C76H95MoNO3. The van der Waals surface area contributed by atoms with Crippen LogP contribution in [0.25, 0.3) is 54.9 Å². The Bertz CT molecular complexity index is 3250. The van der Waals surface area contributed by atoms with Crippen molar-refractivity contribution >= 4 is 31.6 Å². The van der Waals surface area contributed by atoms with Gasteiger partial charge >= 0.3 is 156 Å². The molecule has 2 N–H and O–H groups in total. The maximum atomic E-state index is 12.9. The molecule has 428 valence electrons. The average Bonchev–Trinajstić information content (AvgIpc) is 4.13. The van der Waals surface area contributed by atoms with Crippen molar-refractivity contribution < 1.29 is 32.9 Å². The standard InChI is InChI=1S/C50H58O2.C12H17N.C10H12.C4H8O.Mo/c1-27(2)35-23-39(29(5)6)45(40(24-35)30(7)8)43-21-33-17-13-15-19-37(33)47(49(43)51)48-38-20-16-14-18-34(38)22-44(50(48)52)46-41(31(9)10)25-36(28(3)4)26-42(46)32(11)12;1-8(2)10-6-5-7-11(9(3)4)12(10)13;1-10(2,3)9-7-5-4-6-8-9;1-2-4-5-3-1;/h13-32,51-52H,1-12H3;5-9H,1-4H3;1,4-8H,2-3H3;1-4H2;. The number of phenolic OH excluding ortho intramolecular Hbond substituents is 2. The van der Waals surface area contributed by atoms with E-state index < -0.39 is 17.9 Å². The van der Waals surface area contributed by atoms with Crippen LogP contribution in [0.15, 0.2) is 137 Å². The summed E-state index contributed by atoms with van der Waals surface area (Å²) in [4.78, 5) is 0. The van der Waals surface area contributed by atoms with Crippen molar-refractivity contribution in [2.45, 2.75) is 190 Å². The Balaban J connectivity index is 0.000000269. The SMILES string of the molecule is C1CCOC1.CC(C)c1cc(C(C)C)c(-c2cc3ccccc3c(-c3c(O)c(-c4c(C(C)C)cc(C(C)C)cc4C(C)C)cc4ccccc34)c2O)c(C(C)C)c1.CC(C)c1cccc(C(C)C)c1[N]=[Mo]=[CH]C(C)(C)c1ccccc1. The van der Waals surface area contributed by atoms with Crippen molar-refractivity contribution in [1.29, 1.82) is 0 Å². The van der Waals surface area contributed by atoms with E-state index in [0.29, 0.717) is 34.8 Å². The third-order valence-corrected chi connectivity index (χ3v) is 18.7. The van der Waals surface area contributed by atoms with E-state index in [1.807, 2.05) is 12.1 Å². The number of hydrogen-bond donors (Lipinski definition) is 2. The molecular weight excluding hydrogens is 1070 g/mol. The number of benzene rings is 8. The van der Waals surface area contributed by atoms with Crippen LogP contribution in [0.4, 0.5) is 5.69 Å². The summed E-state index contributed by atoms with van der Waals surface area (Å²) in [6, 6.07) is 47.8. The van der Waals surface area contributed by atoms with Gasteiger partial charge in [-0.2, -0.15) is 0 Å². The third-order valence-electron chi connectivity index (χ3n) is 16.3. The number of phenols is 2. The summed E-state index contributed by atoms with van der Waals surface area (Å²) >= 11 is -0.553. The number of rotatable bonds is 14. The zero-order valence-corrected chi connectivity index (χ0v) is 54.4. The molecule has 4 nitrogen and oxygen atoms in total. The molecule has 81 heavy (non-hydrogen) atoms. The second-order valence-corrected chi connectivity index (χ2v) is 27.2. The normalized spacial score (nSPS) is 12.8. The summed E-state index contributed by atoms with van der Waals surface area (Å²) in [6.45, 7) is 42.6. The van der Waals surface area contributed by atoms with Gasteiger partial charge < -0.3 is 14.9 Å². The molecule has 0 aliphatic carbocycles. The van der Waals surface area contributed by atoms with Gasteiger partial charge in [0.05, 0.1) is 0 Å². The summed E-state index contributed by atoms with van der Waals surface area (Å²) in [5.74, 6) is 3.20. The zero-order chi connectivity index (χ0) is 59.0. The van der Waals surface area contributed by atoms with Gasteiger partial charge in [0.15, 0.2) is 0 Å². The van der Waals surface area contributed by atoms with E-state index in [1.54, 1.807) is 0 Å². The van der Waals surface area contributed by atoms with Crippen LogP contribution >= 0.6 is 0 Å². The zero-order valence-electron chi connectivity index (χ0n) is 52.4. The van der Waals surface area contributed by atoms with E-state index in [0.717, 1.165) is 57.0 Å². The fourth-order valence-electron chi connectivity index (χ4n) is 11.4. The molecule has 0 bridgehead atoms. The molecule has 0 amide bonds. The molecule has 0 saturated carbocycles. The number of nitrogens with zero attached hydrogens (tertiary/aromatic N) is 1. The fourth-order valence-corrected chi connectivity index (χ4v) is 13.3. The van der Waals surface area contributed by atoms with Gasteiger partial charge in [-0.15, -0.1) is 0 Å². The van der Waals surface area contributed by atoms with Crippen LogP contribution in [0, 0.1) is 0 Å². The van der Waals surface area contributed by atoms with Gasteiger partial charge in [0.1, 0.15) is 11.5 Å². The Morgan fingerprint density at radius 3 is 1.11 bits per heavy atom. The molecule has 1 aliphatic heterocycles. The van der Waals surface area contributed by atoms with Crippen LogP contribution in [-0.2, 0) is 28.1 Å². The summed E-state index contributed by atoms with van der Waals surface area (Å²) in [5.41, 5.74) is 18.3. The molecule has 0 radical (unpaired) electrons. The second-order valence-electron chi connectivity index (χ2n) is 25.6. The number of ether oxygens (including phenoxy) is 1. The Kier molecular flexibility index (Phi) is 21.3. The molecule has 1 fully saturated rings. The van der Waals surface area contributed by atoms with E-state index in [4.69, 9.17) is 8.23 Å². The van der Waals surface area contributed by atoms with Gasteiger partial charge in [-0.25, -0.2) is 0 Å². The minimum atomic E-state index is -0.553. The first-order chi connectivity index (χ1) is 38.4. The van der Waals surface area contributed by atoms with Crippen molar-refractivity contribution in [3.8, 4) is 44.9 Å². The molecule has 0 aromatic heterocycles. The van der Waals surface area contributed by atoms with Crippen LogP contribution in [-0.4, -0.2) is 27.8 Å². The van der Waals surface area contributed by atoms with Gasteiger partial charge in [-0.3, -0.25) is 0 Å². The average molecular weight is 1170 g/mol. The van der Waals surface area contributed by atoms with E-state index >= 15 is 0 Å². The first kappa shape index (κ1) is 62.8. The summed E-state index contributed by atoms with van der Waals surface area (Å²) in [5, 5.41) is 29.7. The van der Waals surface area contributed by atoms with Crippen molar-refractivity contribution in [2.24, 2.45) is 3.50 Å². The van der Waals surface area contributed by atoms with Crippen LogP contribution in [0.1, 0.15) is 235 Å². The predicted octanol–water partition coefficient (Wildman–Crippen LogP) is 22.6. The van der Waals surface area contributed by atoms with Gasteiger partial charge in [0.2, 0.25) is 0 Å². The Morgan fingerprint density at radius 2 is 0.778 bits per heavy atom. The second kappa shape index (κ2) is 27.5. The van der Waals surface area contributed by atoms with Crippen molar-refractivity contribution in [3.63, 3.8) is 0 Å². The van der Waals surface area contributed by atoms with Crippen molar-refractivity contribution in [1.82, 2.24) is 0 Å². The van der Waals surface area contributed by atoms with E-state index in [-0.39, 0.29) is 40.6 Å². The molecule has 1 heterocycles. The number of fused-ring (bicyclic) bond motifs is 2. The predicted molar refractivity (Wildman–Crippen MR) is 348 cm³/mol. The third kappa shape index (κ3) is 14.3. The number of aromatic hydroxyl groups is 2. The Labute approximate surface area is 496 Å². The Morgan fingerprint density at radius 1 is 0.420 bits per heavy atom. The molecule has 8 aromatic rings. The van der Waals surface area contributed by atoms with Gasteiger partial charge in [-0.1, -0.05) is 156 Å². The summed E-state index contributed by atoms with van der Waals surface area (Å²) in [6.07, 6.45) is 2.56. The van der Waals surface area contributed by atoms with Crippen LogP contribution in [0.5, 0.6) is 11.5 Å². The molecule has 5 heteroatoms. The number of hydrogen-bond acceptors (Lipinski definition) is 4. The monoisotopic (exact) mass is 1170 g/mol. The molecule has 1 aliphatic rings. The summed E-state index contributed by atoms with van der Waals surface area (Å²) in [7, 11) is 0. The van der Waals surface area contributed by atoms with Gasteiger partial charge in [0.25, 0.3) is 0 Å².